The number of nitro benzene ring substituents is 1. The summed E-state index contributed by atoms with van der Waals surface area (Å²) in [7, 11) is 1.86. The van der Waals surface area contributed by atoms with Crippen LogP contribution in [-0.4, -0.2) is 26.6 Å². The molecule has 0 spiro atoms. The van der Waals surface area contributed by atoms with Crippen LogP contribution >= 0.6 is 0 Å². The number of imidazole rings is 1. The highest BCUT2D eigenvalue weighted by Gasteiger charge is 2.49. The lowest BCUT2D eigenvalue weighted by atomic mass is 9.88. The Morgan fingerprint density at radius 3 is 2.96 bits per heavy atom. The second-order valence-electron chi connectivity index (χ2n) is 6.39. The molecule has 0 N–H and O–H groups in total. The number of aromatic nitrogens is 2. The van der Waals surface area contributed by atoms with Gasteiger partial charge in [0.2, 0.25) is 0 Å². The second-order valence-corrected chi connectivity index (χ2v) is 6.39. The number of hydrogen-bond donors (Lipinski definition) is 0. The molecule has 1 aliphatic heterocycles. The summed E-state index contributed by atoms with van der Waals surface area (Å²) in [5.74, 6) is 0.779. The van der Waals surface area contributed by atoms with E-state index in [-0.39, 0.29) is 11.8 Å². The lowest BCUT2D eigenvalue weighted by Crippen LogP contribution is -2.41. The van der Waals surface area contributed by atoms with E-state index in [9.17, 15) is 10.1 Å². The van der Waals surface area contributed by atoms with Crippen molar-refractivity contribution in [1.29, 1.82) is 0 Å². The Bertz CT molecular complexity index is 894. The van der Waals surface area contributed by atoms with Crippen LogP contribution in [0.1, 0.15) is 23.8 Å². The first-order chi connectivity index (χ1) is 12.6. The molecular formula is C18H18N4O4. The molecule has 0 radical (unpaired) electrons. The molecule has 26 heavy (non-hydrogen) atoms. The summed E-state index contributed by atoms with van der Waals surface area (Å²) in [4.78, 5) is 20.9. The van der Waals surface area contributed by atoms with Crippen molar-refractivity contribution in [2.45, 2.75) is 24.6 Å². The Morgan fingerprint density at radius 1 is 1.38 bits per heavy atom. The summed E-state index contributed by atoms with van der Waals surface area (Å²) in [6.45, 7) is 0.586. The summed E-state index contributed by atoms with van der Waals surface area (Å²) in [5.41, 5.74) is 0.281. The van der Waals surface area contributed by atoms with Gasteiger partial charge in [0.05, 0.1) is 24.1 Å². The van der Waals surface area contributed by atoms with E-state index in [2.05, 4.69) is 4.98 Å². The fourth-order valence-corrected chi connectivity index (χ4v) is 3.51. The molecule has 8 nitrogen and oxygen atoms in total. The molecule has 3 aromatic rings. The van der Waals surface area contributed by atoms with Gasteiger partial charge >= 0.3 is 0 Å². The summed E-state index contributed by atoms with van der Waals surface area (Å²) in [5, 5.41) is 12.9. The van der Waals surface area contributed by atoms with Crippen LogP contribution in [0, 0.1) is 10.1 Å². The molecule has 2 atom stereocenters. The molecule has 8 heteroatoms. The standard InChI is InChI=1S/C18H18N4O4/c1-20-18(17-6-3-9-25-17,12-21-8-7-19-13-21)11-16(26-20)14-4-2-5-15(10-14)22(23)24/h2-10,13,16H,11-12H2,1H3. The maximum absolute atomic E-state index is 11.1. The van der Waals surface area contributed by atoms with Crippen molar-refractivity contribution in [3.05, 3.63) is 82.8 Å². The minimum atomic E-state index is -0.542. The van der Waals surface area contributed by atoms with Gasteiger partial charge in [0.1, 0.15) is 17.4 Å². The van der Waals surface area contributed by atoms with E-state index in [0.29, 0.717) is 13.0 Å². The fraction of sp³-hybridized carbons (Fsp3) is 0.278. The molecule has 1 saturated heterocycles. The number of nitro groups is 1. The highest BCUT2D eigenvalue weighted by atomic mass is 16.7. The van der Waals surface area contributed by atoms with Gasteiger partial charge in [-0.1, -0.05) is 12.1 Å². The SMILES string of the molecule is CN1OC(c2cccc([N+](=O)[O-])c2)CC1(Cn1ccnc1)c1ccco1. The van der Waals surface area contributed by atoms with Crippen LogP contribution in [0.15, 0.2) is 65.8 Å². The Morgan fingerprint density at radius 2 is 2.27 bits per heavy atom. The third kappa shape index (κ3) is 2.79. The molecule has 0 aliphatic carbocycles. The summed E-state index contributed by atoms with van der Waals surface area (Å²) < 4.78 is 7.69. The van der Waals surface area contributed by atoms with Crippen molar-refractivity contribution in [2.75, 3.05) is 7.05 Å². The zero-order valence-corrected chi connectivity index (χ0v) is 14.2. The molecule has 2 aromatic heterocycles. The van der Waals surface area contributed by atoms with Crippen molar-refractivity contribution in [2.24, 2.45) is 0 Å². The number of hydrogen-bond acceptors (Lipinski definition) is 6. The lowest BCUT2D eigenvalue weighted by molar-refractivity contribution is -0.385. The van der Waals surface area contributed by atoms with Crippen LogP contribution in [0.3, 0.4) is 0 Å². The quantitative estimate of drug-likeness (QED) is 0.516. The summed E-state index contributed by atoms with van der Waals surface area (Å²) in [6, 6.07) is 10.3. The van der Waals surface area contributed by atoms with Crippen LogP contribution in [0.4, 0.5) is 5.69 Å². The van der Waals surface area contributed by atoms with E-state index < -0.39 is 10.5 Å². The molecule has 134 valence electrons. The predicted molar refractivity (Wildman–Crippen MR) is 91.9 cm³/mol. The van der Waals surface area contributed by atoms with Crippen LogP contribution in [0.5, 0.6) is 0 Å². The molecule has 0 amide bonds. The topological polar surface area (TPSA) is 86.6 Å². The van der Waals surface area contributed by atoms with E-state index in [0.717, 1.165) is 11.3 Å². The van der Waals surface area contributed by atoms with Gasteiger partial charge in [-0.05, 0) is 17.7 Å². The number of likely N-dealkylation sites (N-methyl/N-ethyl adjacent to an activating group) is 1. The first kappa shape index (κ1) is 16.5. The summed E-state index contributed by atoms with van der Waals surface area (Å²) in [6.07, 6.45) is 7.28. The zero-order chi connectivity index (χ0) is 18.1. The van der Waals surface area contributed by atoms with Crippen molar-refractivity contribution in [3.8, 4) is 0 Å². The van der Waals surface area contributed by atoms with Crippen molar-refractivity contribution < 1.29 is 14.2 Å². The van der Waals surface area contributed by atoms with E-state index in [1.165, 1.54) is 6.07 Å². The number of rotatable bonds is 5. The Balaban J connectivity index is 1.70. The van der Waals surface area contributed by atoms with Crippen LogP contribution in [0.2, 0.25) is 0 Å². The third-order valence-electron chi connectivity index (χ3n) is 4.85. The Labute approximate surface area is 149 Å². The first-order valence-electron chi connectivity index (χ1n) is 8.23. The minimum absolute atomic E-state index is 0.0545. The molecule has 0 saturated carbocycles. The van der Waals surface area contributed by atoms with E-state index >= 15 is 0 Å². The van der Waals surface area contributed by atoms with Crippen LogP contribution < -0.4 is 0 Å². The normalized spacial score (nSPS) is 23.3. The minimum Gasteiger partial charge on any atom is -0.467 e. The number of benzene rings is 1. The number of nitrogens with zero attached hydrogens (tertiary/aromatic N) is 4. The lowest BCUT2D eigenvalue weighted by Gasteiger charge is -2.32. The maximum Gasteiger partial charge on any atom is 0.269 e. The predicted octanol–water partition coefficient (Wildman–Crippen LogP) is 3.29. The van der Waals surface area contributed by atoms with E-state index in [1.807, 2.05) is 36.0 Å². The van der Waals surface area contributed by atoms with Gasteiger partial charge in [-0.2, -0.15) is 5.06 Å². The van der Waals surface area contributed by atoms with Crippen molar-refractivity contribution in [1.82, 2.24) is 14.6 Å². The van der Waals surface area contributed by atoms with Gasteiger partial charge in [0.15, 0.2) is 0 Å². The number of furan rings is 1. The first-order valence-corrected chi connectivity index (χ1v) is 8.23. The Hall–Kier alpha value is -2.97. The van der Waals surface area contributed by atoms with Gasteiger partial charge in [0, 0.05) is 38.0 Å². The van der Waals surface area contributed by atoms with Gasteiger partial charge < -0.3 is 8.98 Å². The molecule has 1 aliphatic rings. The fourth-order valence-electron chi connectivity index (χ4n) is 3.51. The average molecular weight is 354 g/mol. The molecule has 3 heterocycles. The van der Waals surface area contributed by atoms with Gasteiger partial charge in [0.25, 0.3) is 5.69 Å². The molecule has 4 rings (SSSR count). The number of non-ortho nitro benzene ring substituents is 1. The molecule has 0 bridgehead atoms. The van der Waals surface area contributed by atoms with E-state index in [1.54, 1.807) is 36.0 Å². The largest absolute Gasteiger partial charge is 0.467 e. The van der Waals surface area contributed by atoms with Crippen LogP contribution in [0.25, 0.3) is 0 Å². The maximum atomic E-state index is 11.1. The van der Waals surface area contributed by atoms with Gasteiger partial charge in [-0.25, -0.2) is 4.98 Å². The van der Waals surface area contributed by atoms with E-state index in [4.69, 9.17) is 9.25 Å². The van der Waals surface area contributed by atoms with Crippen molar-refractivity contribution >= 4 is 5.69 Å². The Kier molecular flexibility index (Phi) is 4.06. The molecule has 2 unspecified atom stereocenters. The van der Waals surface area contributed by atoms with Crippen molar-refractivity contribution in [3.63, 3.8) is 0 Å². The molecule has 1 fully saturated rings. The zero-order valence-electron chi connectivity index (χ0n) is 14.2. The highest BCUT2D eigenvalue weighted by Crippen LogP contribution is 2.47. The summed E-state index contributed by atoms with van der Waals surface area (Å²) >= 11 is 0. The number of hydroxylamine groups is 2. The smallest absolute Gasteiger partial charge is 0.269 e. The van der Waals surface area contributed by atoms with Crippen LogP contribution in [-0.2, 0) is 16.9 Å². The van der Waals surface area contributed by atoms with Gasteiger partial charge in [-0.3, -0.25) is 15.0 Å². The third-order valence-corrected chi connectivity index (χ3v) is 4.85. The monoisotopic (exact) mass is 354 g/mol. The molecular weight excluding hydrogens is 336 g/mol. The second kappa shape index (κ2) is 6.40. The molecule has 1 aromatic carbocycles. The van der Waals surface area contributed by atoms with Gasteiger partial charge in [-0.15, -0.1) is 0 Å². The average Bonchev–Trinajstić information content (AvgIpc) is 3.38. The highest BCUT2D eigenvalue weighted by molar-refractivity contribution is 5.36.